The Hall–Kier alpha value is -4.18. The first-order chi connectivity index (χ1) is 16.1. The van der Waals surface area contributed by atoms with Crippen molar-refractivity contribution in [3.8, 4) is 28.1 Å². The van der Waals surface area contributed by atoms with Crippen LogP contribution < -0.4 is 10.5 Å². The van der Waals surface area contributed by atoms with Gasteiger partial charge in [-0.2, -0.15) is 15.3 Å². The maximum atomic E-state index is 9.21. The maximum Gasteiger partial charge on any atom is 0.152 e. The average Bonchev–Trinajstić information content (AvgIpc) is 3.53. The Bertz CT molecular complexity index is 1430. The minimum atomic E-state index is 0.0145. The molecule has 4 aromatic heterocycles. The third-order valence-electron chi connectivity index (χ3n) is 5.53. The minimum Gasteiger partial charge on any atom is -0.496 e. The molecule has 0 saturated carbocycles. The van der Waals surface area contributed by atoms with E-state index >= 15 is 0 Å². The van der Waals surface area contributed by atoms with E-state index in [1.54, 1.807) is 22.5 Å². The summed E-state index contributed by atoms with van der Waals surface area (Å²) in [6, 6.07) is 8.08. The van der Waals surface area contributed by atoms with Crippen LogP contribution in [0.5, 0.6) is 5.75 Å². The largest absolute Gasteiger partial charge is 0.496 e. The van der Waals surface area contributed by atoms with Crippen molar-refractivity contribution in [2.24, 2.45) is 0 Å². The first-order valence-electron chi connectivity index (χ1n) is 10.5. The molecule has 1 aromatic carbocycles. The molecular formula is C23H24N8O2. The SMILES string of the molecule is COc1cc(-c2cc(-c3cnn(CCO)c3)n3ncnc(N)c23)ccc1Cn1cc(C)cn1. The zero-order valence-electron chi connectivity index (χ0n) is 18.4. The second-order valence-electron chi connectivity index (χ2n) is 7.81. The number of nitrogens with zero attached hydrogens (tertiary/aromatic N) is 7. The van der Waals surface area contributed by atoms with Gasteiger partial charge in [0.2, 0.25) is 0 Å². The fourth-order valence-corrected chi connectivity index (χ4v) is 3.98. The number of hydrogen-bond acceptors (Lipinski definition) is 7. The van der Waals surface area contributed by atoms with Crippen LogP contribution in [0.3, 0.4) is 0 Å². The van der Waals surface area contributed by atoms with E-state index in [0.717, 1.165) is 39.3 Å². The maximum absolute atomic E-state index is 9.21. The number of ether oxygens (including phenoxy) is 1. The van der Waals surface area contributed by atoms with E-state index < -0.39 is 0 Å². The highest BCUT2D eigenvalue weighted by Crippen LogP contribution is 2.36. The van der Waals surface area contributed by atoms with Crippen molar-refractivity contribution in [2.45, 2.75) is 20.0 Å². The van der Waals surface area contributed by atoms with Gasteiger partial charge in [-0.1, -0.05) is 12.1 Å². The van der Waals surface area contributed by atoms with Gasteiger partial charge < -0.3 is 15.6 Å². The topological polar surface area (TPSA) is 121 Å². The highest BCUT2D eigenvalue weighted by molar-refractivity contribution is 5.92. The van der Waals surface area contributed by atoms with E-state index in [1.807, 2.05) is 54.5 Å². The summed E-state index contributed by atoms with van der Waals surface area (Å²) in [7, 11) is 1.66. The number of anilines is 1. The lowest BCUT2D eigenvalue weighted by molar-refractivity contribution is 0.269. The summed E-state index contributed by atoms with van der Waals surface area (Å²) in [5.74, 6) is 1.14. The third kappa shape index (κ3) is 3.80. The molecule has 0 spiro atoms. The van der Waals surface area contributed by atoms with Gasteiger partial charge in [0.15, 0.2) is 5.82 Å². The standard InChI is InChI=1S/C23H24N8O2/c1-15-9-26-30(11-15)12-17-4-3-16(7-21(17)33-2)19-8-20(18-10-27-29(13-18)5-6-32)31-22(19)23(24)25-14-28-31/h3-4,7-11,13-14,32H,5-6,12H2,1-2H3,(H2,24,25,28). The first-order valence-corrected chi connectivity index (χ1v) is 10.5. The van der Waals surface area contributed by atoms with Gasteiger partial charge in [0, 0.05) is 29.1 Å². The van der Waals surface area contributed by atoms with Crippen LogP contribution in [0.4, 0.5) is 5.82 Å². The monoisotopic (exact) mass is 444 g/mol. The number of rotatable bonds is 7. The predicted octanol–water partition coefficient (Wildman–Crippen LogP) is 2.40. The highest BCUT2D eigenvalue weighted by atomic mass is 16.5. The number of nitrogens with two attached hydrogens (primary N) is 1. The Balaban J connectivity index is 1.60. The molecule has 4 heterocycles. The second-order valence-corrected chi connectivity index (χ2v) is 7.81. The summed E-state index contributed by atoms with van der Waals surface area (Å²) in [4.78, 5) is 4.20. The molecule has 10 nitrogen and oxygen atoms in total. The number of aromatic nitrogens is 7. The van der Waals surface area contributed by atoms with E-state index in [0.29, 0.717) is 24.4 Å². The summed E-state index contributed by atoms with van der Waals surface area (Å²) in [5.41, 5.74) is 12.6. The number of hydrogen-bond donors (Lipinski definition) is 2. The van der Waals surface area contributed by atoms with Crippen molar-refractivity contribution < 1.29 is 9.84 Å². The number of aliphatic hydroxyl groups is 1. The lowest BCUT2D eigenvalue weighted by Gasteiger charge is -2.11. The Morgan fingerprint density at radius 3 is 2.64 bits per heavy atom. The molecule has 33 heavy (non-hydrogen) atoms. The molecule has 0 aliphatic carbocycles. The number of aryl methyl sites for hydroxylation is 1. The molecule has 3 N–H and O–H groups in total. The van der Waals surface area contributed by atoms with Gasteiger partial charge in [0.1, 0.15) is 17.6 Å². The Labute approximate surface area is 189 Å². The van der Waals surface area contributed by atoms with Gasteiger partial charge >= 0.3 is 0 Å². The van der Waals surface area contributed by atoms with E-state index in [4.69, 9.17) is 10.5 Å². The van der Waals surface area contributed by atoms with Crippen molar-refractivity contribution >= 4 is 11.3 Å². The molecule has 0 saturated heterocycles. The summed E-state index contributed by atoms with van der Waals surface area (Å²) >= 11 is 0. The number of nitrogen functional groups attached to an aromatic ring is 1. The van der Waals surface area contributed by atoms with Crippen molar-refractivity contribution in [3.05, 3.63) is 66.5 Å². The Morgan fingerprint density at radius 1 is 1.03 bits per heavy atom. The number of aliphatic hydroxyl groups excluding tert-OH is 1. The van der Waals surface area contributed by atoms with E-state index in [9.17, 15) is 5.11 Å². The van der Waals surface area contributed by atoms with E-state index in [1.165, 1.54) is 6.33 Å². The van der Waals surface area contributed by atoms with Gasteiger partial charge in [0.25, 0.3) is 0 Å². The summed E-state index contributed by atoms with van der Waals surface area (Å²) in [6.45, 7) is 3.05. The highest BCUT2D eigenvalue weighted by Gasteiger charge is 2.18. The van der Waals surface area contributed by atoms with Crippen LogP contribution >= 0.6 is 0 Å². The molecule has 0 aliphatic rings. The Kier molecular flexibility index (Phi) is 5.27. The van der Waals surface area contributed by atoms with E-state index in [-0.39, 0.29) is 6.61 Å². The number of methoxy groups -OCH3 is 1. The zero-order valence-corrected chi connectivity index (χ0v) is 18.4. The molecule has 5 aromatic rings. The first kappa shape index (κ1) is 20.7. The fourth-order valence-electron chi connectivity index (χ4n) is 3.98. The molecule has 0 radical (unpaired) electrons. The van der Waals surface area contributed by atoms with Gasteiger partial charge in [-0.25, -0.2) is 9.50 Å². The molecule has 0 amide bonds. The lowest BCUT2D eigenvalue weighted by atomic mass is 10.0. The van der Waals surface area contributed by atoms with Crippen LogP contribution in [0, 0.1) is 6.92 Å². The molecule has 0 unspecified atom stereocenters. The minimum absolute atomic E-state index is 0.0145. The molecular weight excluding hydrogens is 420 g/mol. The number of benzene rings is 1. The third-order valence-corrected chi connectivity index (χ3v) is 5.53. The second kappa shape index (κ2) is 8.40. The predicted molar refractivity (Wildman–Crippen MR) is 124 cm³/mol. The van der Waals surface area contributed by atoms with Crippen LogP contribution in [0.15, 0.2) is 55.4 Å². The molecule has 168 valence electrons. The smallest absolute Gasteiger partial charge is 0.152 e. The van der Waals surface area contributed by atoms with E-state index in [2.05, 4.69) is 20.3 Å². The molecule has 0 fully saturated rings. The Morgan fingerprint density at radius 2 is 1.88 bits per heavy atom. The molecule has 5 rings (SSSR count). The quantitative estimate of drug-likeness (QED) is 0.395. The average molecular weight is 444 g/mol. The van der Waals surface area contributed by atoms with Gasteiger partial charge in [-0.3, -0.25) is 9.36 Å². The molecule has 0 aliphatic heterocycles. The van der Waals surface area contributed by atoms with Crippen LogP contribution in [-0.4, -0.2) is 53.0 Å². The lowest BCUT2D eigenvalue weighted by Crippen LogP contribution is -2.03. The van der Waals surface area contributed by atoms with Crippen molar-refractivity contribution in [1.82, 2.24) is 34.2 Å². The van der Waals surface area contributed by atoms with Crippen molar-refractivity contribution in [3.63, 3.8) is 0 Å². The summed E-state index contributed by atoms with van der Waals surface area (Å²) in [6.07, 6.45) is 8.88. The van der Waals surface area contributed by atoms with Gasteiger partial charge in [0.05, 0.1) is 44.9 Å². The normalized spacial score (nSPS) is 11.4. The van der Waals surface area contributed by atoms with Crippen LogP contribution in [-0.2, 0) is 13.1 Å². The van der Waals surface area contributed by atoms with Crippen molar-refractivity contribution in [1.29, 1.82) is 0 Å². The van der Waals surface area contributed by atoms with Gasteiger partial charge in [-0.15, -0.1) is 0 Å². The fraction of sp³-hybridized carbons (Fsp3) is 0.217. The van der Waals surface area contributed by atoms with Crippen LogP contribution in [0.1, 0.15) is 11.1 Å². The number of fused-ring (bicyclic) bond motifs is 1. The summed E-state index contributed by atoms with van der Waals surface area (Å²) < 4.78 is 11.0. The van der Waals surface area contributed by atoms with Gasteiger partial charge in [-0.05, 0) is 30.2 Å². The molecule has 0 atom stereocenters. The van der Waals surface area contributed by atoms with Crippen LogP contribution in [0.2, 0.25) is 0 Å². The summed E-state index contributed by atoms with van der Waals surface area (Å²) in [5, 5.41) is 22.3. The molecule has 10 heteroatoms. The van der Waals surface area contributed by atoms with Crippen molar-refractivity contribution in [2.75, 3.05) is 19.5 Å². The zero-order chi connectivity index (χ0) is 22.9. The molecule has 0 bridgehead atoms. The van der Waals surface area contributed by atoms with Crippen LogP contribution in [0.25, 0.3) is 27.9 Å².